The molecule has 9 heteroatoms. The van der Waals surface area contributed by atoms with Crippen LogP contribution in [0.25, 0.3) is 0 Å². The van der Waals surface area contributed by atoms with Crippen molar-refractivity contribution in [2.75, 3.05) is 11.4 Å². The van der Waals surface area contributed by atoms with Gasteiger partial charge in [0.25, 0.3) is 0 Å². The largest absolute Gasteiger partial charge is 0.497 e. The van der Waals surface area contributed by atoms with Crippen molar-refractivity contribution in [3.63, 3.8) is 0 Å². The number of carbonyl (C=O) groups is 2. The Kier molecular flexibility index (Phi) is 5.66. The normalized spacial score (nSPS) is 23.1. The number of nitrogens with one attached hydrogen (secondary N) is 1. The van der Waals surface area contributed by atoms with Gasteiger partial charge in [0.2, 0.25) is 5.91 Å². The van der Waals surface area contributed by atoms with Gasteiger partial charge in [-0.05, 0) is 60.6 Å². The molecule has 1 aromatic carbocycles. The van der Waals surface area contributed by atoms with Gasteiger partial charge < -0.3 is 24.3 Å². The monoisotopic (exact) mass is 420 g/mol. The molecule has 1 aromatic rings. The standard InChI is InChI=1S/C21H30BFN2O5/c1-19(2,3)28-18(27)24-13-10-17(26)25(12-13)14-8-9-15(16(23)11-14)22-29-20(4,5)21(6,7)30-22/h8-9,11,13H,10,12H2,1-7H3,(H,24,27)/t13-/m0/s1. The smallest absolute Gasteiger partial charge is 0.444 e. The van der Waals surface area contributed by atoms with Crippen LogP contribution in [0, 0.1) is 5.82 Å². The molecule has 0 aliphatic carbocycles. The Balaban J connectivity index is 1.70. The molecule has 1 N–H and O–H groups in total. The summed E-state index contributed by atoms with van der Waals surface area (Å²) in [5, 5.41) is 2.70. The Bertz CT molecular complexity index is 836. The molecule has 3 rings (SSSR count). The van der Waals surface area contributed by atoms with E-state index in [2.05, 4.69) is 5.32 Å². The van der Waals surface area contributed by atoms with Crippen molar-refractivity contribution in [3.05, 3.63) is 24.0 Å². The Morgan fingerprint density at radius 1 is 1.23 bits per heavy atom. The quantitative estimate of drug-likeness (QED) is 0.762. The maximum absolute atomic E-state index is 14.9. The van der Waals surface area contributed by atoms with Crippen LogP contribution in [0.2, 0.25) is 0 Å². The molecule has 0 radical (unpaired) electrons. The minimum absolute atomic E-state index is 0.125. The zero-order valence-electron chi connectivity index (χ0n) is 18.7. The maximum Gasteiger partial charge on any atom is 0.497 e. The number of amides is 2. The summed E-state index contributed by atoms with van der Waals surface area (Å²) >= 11 is 0. The van der Waals surface area contributed by atoms with Crippen LogP contribution in [0.1, 0.15) is 54.9 Å². The average Bonchev–Trinajstić information content (AvgIpc) is 3.01. The van der Waals surface area contributed by atoms with Crippen molar-refractivity contribution in [3.8, 4) is 0 Å². The fraction of sp³-hybridized carbons (Fsp3) is 0.619. The molecule has 2 amide bonds. The molecule has 0 aromatic heterocycles. The summed E-state index contributed by atoms with van der Waals surface area (Å²) < 4.78 is 32.0. The topological polar surface area (TPSA) is 77.1 Å². The van der Waals surface area contributed by atoms with E-state index in [0.717, 1.165) is 0 Å². The molecule has 0 spiro atoms. The number of nitrogens with zero attached hydrogens (tertiary/aromatic N) is 1. The lowest BCUT2D eigenvalue weighted by Crippen LogP contribution is -2.41. The number of hydrogen-bond acceptors (Lipinski definition) is 5. The molecule has 164 valence electrons. The van der Waals surface area contributed by atoms with Crippen molar-refractivity contribution in [1.82, 2.24) is 5.32 Å². The number of anilines is 1. The summed E-state index contributed by atoms with van der Waals surface area (Å²) in [4.78, 5) is 25.9. The van der Waals surface area contributed by atoms with Crippen molar-refractivity contribution in [2.45, 2.75) is 77.7 Å². The van der Waals surface area contributed by atoms with Crippen LogP contribution in [0.5, 0.6) is 0 Å². The van der Waals surface area contributed by atoms with Gasteiger partial charge >= 0.3 is 13.2 Å². The third kappa shape index (κ3) is 4.62. The van der Waals surface area contributed by atoms with E-state index in [-0.39, 0.29) is 24.3 Å². The molecule has 0 bridgehead atoms. The first kappa shape index (κ1) is 22.6. The fourth-order valence-corrected chi connectivity index (χ4v) is 3.37. The zero-order valence-corrected chi connectivity index (χ0v) is 18.7. The second-order valence-corrected chi connectivity index (χ2v) is 9.85. The molecular formula is C21H30BFN2O5. The first-order valence-corrected chi connectivity index (χ1v) is 10.1. The van der Waals surface area contributed by atoms with Crippen LogP contribution in [0.15, 0.2) is 18.2 Å². The third-order valence-corrected chi connectivity index (χ3v) is 5.65. The van der Waals surface area contributed by atoms with E-state index >= 15 is 0 Å². The molecule has 2 aliphatic heterocycles. The predicted molar refractivity (Wildman–Crippen MR) is 112 cm³/mol. The molecule has 2 heterocycles. The van der Waals surface area contributed by atoms with Crippen molar-refractivity contribution >= 4 is 30.3 Å². The molecule has 2 aliphatic rings. The number of rotatable bonds is 3. The van der Waals surface area contributed by atoms with E-state index in [1.165, 1.54) is 11.0 Å². The highest BCUT2D eigenvalue weighted by molar-refractivity contribution is 6.62. The lowest BCUT2D eigenvalue weighted by molar-refractivity contribution is -0.117. The summed E-state index contributed by atoms with van der Waals surface area (Å²) in [7, 11) is -0.820. The Hall–Kier alpha value is -2.13. The molecule has 2 fully saturated rings. The minimum atomic E-state index is -0.820. The Morgan fingerprint density at radius 2 is 1.83 bits per heavy atom. The molecule has 30 heavy (non-hydrogen) atoms. The van der Waals surface area contributed by atoms with Crippen LogP contribution < -0.4 is 15.7 Å². The van der Waals surface area contributed by atoms with E-state index in [9.17, 15) is 14.0 Å². The van der Waals surface area contributed by atoms with Gasteiger partial charge in [0.1, 0.15) is 11.4 Å². The summed E-state index contributed by atoms with van der Waals surface area (Å²) in [6, 6.07) is 4.14. The molecule has 0 saturated carbocycles. The van der Waals surface area contributed by atoms with Gasteiger partial charge in [0.05, 0.1) is 17.2 Å². The molecule has 7 nitrogen and oxygen atoms in total. The number of hydrogen-bond donors (Lipinski definition) is 1. The van der Waals surface area contributed by atoms with E-state index in [1.54, 1.807) is 32.9 Å². The van der Waals surface area contributed by atoms with Gasteiger partial charge in [-0.25, -0.2) is 9.18 Å². The highest BCUT2D eigenvalue weighted by Crippen LogP contribution is 2.37. The average molecular weight is 420 g/mol. The maximum atomic E-state index is 14.9. The molecule has 1 atom stereocenters. The number of carbonyl (C=O) groups excluding carboxylic acids is 2. The Morgan fingerprint density at radius 3 is 2.37 bits per heavy atom. The van der Waals surface area contributed by atoms with Gasteiger partial charge in [0.15, 0.2) is 0 Å². The number of ether oxygens (including phenoxy) is 1. The van der Waals surface area contributed by atoms with Gasteiger partial charge in [-0.3, -0.25) is 4.79 Å². The summed E-state index contributed by atoms with van der Waals surface area (Å²) in [5.74, 6) is -0.707. The van der Waals surface area contributed by atoms with Gasteiger partial charge in [-0.1, -0.05) is 6.07 Å². The molecule has 2 saturated heterocycles. The highest BCUT2D eigenvalue weighted by Gasteiger charge is 2.52. The van der Waals surface area contributed by atoms with Crippen LogP contribution >= 0.6 is 0 Å². The van der Waals surface area contributed by atoms with Crippen molar-refractivity contribution in [2.24, 2.45) is 0 Å². The first-order valence-electron chi connectivity index (χ1n) is 10.1. The number of halogens is 1. The SMILES string of the molecule is CC(C)(C)OC(=O)N[C@H]1CC(=O)N(c2ccc(B3OC(C)(C)C(C)(C)O3)c(F)c2)C1. The van der Waals surface area contributed by atoms with Crippen LogP contribution in [-0.2, 0) is 18.8 Å². The number of alkyl carbamates (subject to hydrolysis) is 1. The summed E-state index contributed by atoms with van der Waals surface area (Å²) in [5.41, 5.74) is -1.07. The van der Waals surface area contributed by atoms with Crippen molar-refractivity contribution in [1.29, 1.82) is 0 Å². The van der Waals surface area contributed by atoms with Crippen LogP contribution in [0.4, 0.5) is 14.9 Å². The lowest BCUT2D eigenvalue weighted by Gasteiger charge is -2.32. The van der Waals surface area contributed by atoms with Gasteiger partial charge in [-0.15, -0.1) is 0 Å². The molecule has 0 unspecified atom stereocenters. The second-order valence-electron chi connectivity index (χ2n) is 9.85. The lowest BCUT2D eigenvalue weighted by atomic mass is 9.78. The third-order valence-electron chi connectivity index (χ3n) is 5.65. The van der Waals surface area contributed by atoms with E-state index in [1.807, 2.05) is 27.7 Å². The van der Waals surface area contributed by atoms with Crippen LogP contribution in [0.3, 0.4) is 0 Å². The van der Waals surface area contributed by atoms with Gasteiger partial charge in [0, 0.05) is 24.1 Å². The van der Waals surface area contributed by atoms with E-state index in [0.29, 0.717) is 5.69 Å². The zero-order chi connectivity index (χ0) is 22.5. The number of benzene rings is 1. The van der Waals surface area contributed by atoms with Crippen molar-refractivity contribution < 1.29 is 28.0 Å². The summed E-state index contributed by atoms with van der Waals surface area (Å²) in [6.07, 6.45) is -0.454. The van der Waals surface area contributed by atoms with E-state index in [4.69, 9.17) is 14.0 Å². The van der Waals surface area contributed by atoms with Gasteiger partial charge in [-0.2, -0.15) is 0 Å². The minimum Gasteiger partial charge on any atom is -0.444 e. The first-order chi connectivity index (χ1) is 13.7. The second kappa shape index (κ2) is 7.53. The van der Waals surface area contributed by atoms with Crippen LogP contribution in [-0.4, -0.2) is 48.5 Å². The highest BCUT2D eigenvalue weighted by atomic mass is 19.1. The van der Waals surface area contributed by atoms with E-state index < -0.39 is 41.9 Å². The Labute approximate surface area is 177 Å². The predicted octanol–water partition coefficient (Wildman–Crippen LogP) is 2.75. The molecular weight excluding hydrogens is 390 g/mol. The fourth-order valence-electron chi connectivity index (χ4n) is 3.37. The summed E-state index contributed by atoms with van der Waals surface area (Å²) in [6.45, 7) is 13.2.